The minimum Gasteiger partial charge on any atom is -0.311 e. The lowest BCUT2D eigenvalue weighted by molar-refractivity contribution is -0.137. The van der Waals surface area contributed by atoms with E-state index in [0.717, 1.165) is 30.0 Å². The molecule has 0 fully saturated rings. The van der Waals surface area contributed by atoms with Crippen molar-refractivity contribution in [3.8, 4) is 5.82 Å². The van der Waals surface area contributed by atoms with E-state index in [1.165, 1.54) is 6.20 Å². The maximum atomic E-state index is 12.5. The SMILES string of the molecule is CCCNCc1cncc(-n2cc(C(F)(F)F)cn2)n1. The molecule has 20 heavy (non-hydrogen) atoms. The predicted molar refractivity (Wildman–Crippen MR) is 66.2 cm³/mol. The molecular formula is C12H14F3N5. The number of halogens is 3. The maximum absolute atomic E-state index is 12.5. The van der Waals surface area contributed by atoms with Crippen LogP contribution in [0, 0.1) is 0 Å². The summed E-state index contributed by atoms with van der Waals surface area (Å²) in [4.78, 5) is 8.18. The van der Waals surface area contributed by atoms with Crippen molar-refractivity contribution in [2.45, 2.75) is 26.1 Å². The van der Waals surface area contributed by atoms with Gasteiger partial charge in [0.05, 0.1) is 23.7 Å². The molecule has 2 aromatic heterocycles. The lowest BCUT2D eigenvalue weighted by Gasteiger charge is -2.05. The number of rotatable bonds is 5. The average Bonchev–Trinajstić information content (AvgIpc) is 2.89. The standard InChI is InChI=1S/C12H14F3N5/c1-2-3-16-5-10-6-17-7-11(19-10)20-8-9(4-18-20)12(13,14)15/h4,6-8,16H,2-3,5H2,1H3. The number of hydrogen-bond donors (Lipinski definition) is 1. The summed E-state index contributed by atoms with van der Waals surface area (Å²) in [5.74, 6) is 0.260. The summed E-state index contributed by atoms with van der Waals surface area (Å²) in [6, 6.07) is 0. The van der Waals surface area contributed by atoms with Crippen LogP contribution < -0.4 is 5.32 Å². The topological polar surface area (TPSA) is 55.6 Å². The highest BCUT2D eigenvalue weighted by Gasteiger charge is 2.32. The van der Waals surface area contributed by atoms with Crippen molar-refractivity contribution in [3.05, 3.63) is 36.0 Å². The molecule has 1 N–H and O–H groups in total. The van der Waals surface area contributed by atoms with E-state index < -0.39 is 11.7 Å². The van der Waals surface area contributed by atoms with E-state index in [1.54, 1.807) is 6.20 Å². The van der Waals surface area contributed by atoms with Crippen LogP contribution in [0.3, 0.4) is 0 Å². The Morgan fingerprint density at radius 3 is 2.70 bits per heavy atom. The molecule has 0 saturated heterocycles. The Morgan fingerprint density at radius 1 is 1.25 bits per heavy atom. The first-order valence-electron chi connectivity index (χ1n) is 6.14. The average molecular weight is 285 g/mol. The molecule has 0 radical (unpaired) electrons. The van der Waals surface area contributed by atoms with E-state index in [0.29, 0.717) is 12.2 Å². The van der Waals surface area contributed by atoms with Crippen LogP contribution in [0.4, 0.5) is 13.2 Å². The van der Waals surface area contributed by atoms with Gasteiger partial charge in [-0.2, -0.15) is 18.3 Å². The van der Waals surface area contributed by atoms with Gasteiger partial charge in [0, 0.05) is 18.9 Å². The fourth-order valence-electron chi connectivity index (χ4n) is 1.58. The van der Waals surface area contributed by atoms with E-state index in [9.17, 15) is 13.2 Å². The Bertz CT molecular complexity index is 564. The number of nitrogens with zero attached hydrogens (tertiary/aromatic N) is 4. The molecule has 108 valence electrons. The third-order valence-electron chi connectivity index (χ3n) is 2.55. The highest BCUT2D eigenvalue weighted by atomic mass is 19.4. The summed E-state index contributed by atoms with van der Waals surface area (Å²) in [6.07, 6.45) is 1.18. The molecule has 2 rings (SSSR count). The van der Waals surface area contributed by atoms with Crippen molar-refractivity contribution in [3.63, 3.8) is 0 Å². The molecular weight excluding hydrogens is 271 g/mol. The fraction of sp³-hybridized carbons (Fsp3) is 0.417. The van der Waals surface area contributed by atoms with E-state index in [4.69, 9.17) is 0 Å². The van der Waals surface area contributed by atoms with E-state index in [-0.39, 0.29) is 5.82 Å². The molecule has 0 aliphatic heterocycles. The first kappa shape index (κ1) is 14.4. The summed E-state index contributed by atoms with van der Waals surface area (Å²) < 4.78 is 38.6. The van der Waals surface area contributed by atoms with Gasteiger partial charge in [0.15, 0.2) is 5.82 Å². The van der Waals surface area contributed by atoms with Crippen LogP contribution >= 0.6 is 0 Å². The predicted octanol–water partition coefficient (Wildman–Crippen LogP) is 2.18. The van der Waals surface area contributed by atoms with Gasteiger partial charge in [-0.1, -0.05) is 6.92 Å². The second-order valence-electron chi connectivity index (χ2n) is 4.22. The van der Waals surface area contributed by atoms with Gasteiger partial charge in [-0.05, 0) is 13.0 Å². The summed E-state index contributed by atoms with van der Waals surface area (Å²) in [7, 11) is 0. The second kappa shape index (κ2) is 6.00. The quantitative estimate of drug-likeness (QED) is 0.856. The number of alkyl halides is 3. The van der Waals surface area contributed by atoms with E-state index in [1.807, 2.05) is 6.92 Å². The fourth-order valence-corrected chi connectivity index (χ4v) is 1.58. The minimum atomic E-state index is -4.41. The van der Waals surface area contributed by atoms with Crippen molar-refractivity contribution in [2.75, 3.05) is 6.54 Å². The summed E-state index contributed by atoms with van der Waals surface area (Å²) in [6.45, 7) is 3.39. The normalized spacial score (nSPS) is 11.8. The summed E-state index contributed by atoms with van der Waals surface area (Å²) in [5.41, 5.74) is -0.159. The van der Waals surface area contributed by atoms with Crippen molar-refractivity contribution in [1.29, 1.82) is 0 Å². The maximum Gasteiger partial charge on any atom is 0.419 e. The molecule has 0 bridgehead atoms. The van der Waals surface area contributed by atoms with Crippen LogP contribution in [0.5, 0.6) is 0 Å². The molecule has 0 aliphatic rings. The zero-order chi connectivity index (χ0) is 14.6. The first-order valence-corrected chi connectivity index (χ1v) is 6.14. The zero-order valence-electron chi connectivity index (χ0n) is 10.9. The lowest BCUT2D eigenvalue weighted by Crippen LogP contribution is -2.15. The van der Waals surface area contributed by atoms with Crippen LogP contribution in [-0.2, 0) is 12.7 Å². The van der Waals surface area contributed by atoms with Gasteiger partial charge < -0.3 is 5.32 Å². The van der Waals surface area contributed by atoms with E-state index >= 15 is 0 Å². The zero-order valence-corrected chi connectivity index (χ0v) is 10.9. The van der Waals surface area contributed by atoms with Gasteiger partial charge in [0.2, 0.25) is 0 Å². The monoisotopic (exact) mass is 285 g/mol. The molecule has 0 atom stereocenters. The molecule has 8 heteroatoms. The number of nitrogens with one attached hydrogen (secondary N) is 1. The largest absolute Gasteiger partial charge is 0.419 e. The second-order valence-corrected chi connectivity index (χ2v) is 4.22. The Balaban J connectivity index is 2.16. The Hall–Kier alpha value is -1.96. The molecule has 0 spiro atoms. The van der Waals surface area contributed by atoms with Gasteiger partial charge in [0.25, 0.3) is 0 Å². The van der Waals surface area contributed by atoms with Crippen LogP contribution in [0.1, 0.15) is 24.6 Å². The molecule has 0 aliphatic carbocycles. The van der Waals surface area contributed by atoms with E-state index in [2.05, 4.69) is 20.4 Å². The molecule has 0 unspecified atom stereocenters. The van der Waals surface area contributed by atoms with Gasteiger partial charge in [-0.25, -0.2) is 9.67 Å². The highest BCUT2D eigenvalue weighted by Crippen LogP contribution is 2.28. The third kappa shape index (κ3) is 3.53. The highest BCUT2D eigenvalue weighted by molar-refractivity contribution is 5.22. The van der Waals surface area contributed by atoms with Crippen molar-refractivity contribution in [2.24, 2.45) is 0 Å². The van der Waals surface area contributed by atoms with Crippen LogP contribution in [0.25, 0.3) is 5.82 Å². The van der Waals surface area contributed by atoms with Gasteiger partial charge in [0.1, 0.15) is 0 Å². The van der Waals surface area contributed by atoms with Crippen molar-refractivity contribution in [1.82, 2.24) is 25.1 Å². The Kier molecular flexibility index (Phi) is 4.33. The summed E-state index contributed by atoms with van der Waals surface area (Å²) in [5, 5.41) is 6.81. The minimum absolute atomic E-state index is 0.260. The van der Waals surface area contributed by atoms with Crippen LogP contribution in [0.2, 0.25) is 0 Å². The van der Waals surface area contributed by atoms with Crippen LogP contribution in [0.15, 0.2) is 24.8 Å². The Labute approximate surface area is 113 Å². The van der Waals surface area contributed by atoms with Crippen molar-refractivity contribution >= 4 is 0 Å². The summed E-state index contributed by atoms with van der Waals surface area (Å²) >= 11 is 0. The van der Waals surface area contributed by atoms with Crippen molar-refractivity contribution < 1.29 is 13.2 Å². The number of hydrogen-bond acceptors (Lipinski definition) is 4. The first-order chi connectivity index (χ1) is 9.50. The molecule has 0 amide bonds. The molecule has 0 saturated carbocycles. The van der Waals surface area contributed by atoms with Gasteiger partial charge in [-0.15, -0.1) is 0 Å². The lowest BCUT2D eigenvalue weighted by atomic mass is 10.3. The van der Waals surface area contributed by atoms with Gasteiger partial charge in [-0.3, -0.25) is 4.98 Å². The molecule has 0 aromatic carbocycles. The Morgan fingerprint density at radius 2 is 2.05 bits per heavy atom. The smallest absolute Gasteiger partial charge is 0.311 e. The third-order valence-corrected chi connectivity index (χ3v) is 2.55. The van der Waals surface area contributed by atoms with Crippen LogP contribution in [-0.4, -0.2) is 26.3 Å². The molecule has 5 nitrogen and oxygen atoms in total. The molecule has 2 aromatic rings. The molecule has 2 heterocycles. The van der Waals surface area contributed by atoms with Gasteiger partial charge >= 0.3 is 6.18 Å². The number of aromatic nitrogens is 4.